The van der Waals surface area contributed by atoms with Crippen LogP contribution in [-0.2, 0) is 21.4 Å². The van der Waals surface area contributed by atoms with Crippen molar-refractivity contribution in [1.29, 1.82) is 0 Å². The molecule has 34 heavy (non-hydrogen) atoms. The summed E-state index contributed by atoms with van der Waals surface area (Å²) >= 11 is 0. The average molecular weight is 494 g/mol. The minimum Gasteiger partial charge on any atom is -0.331 e. The lowest BCUT2D eigenvalue weighted by Crippen LogP contribution is -2.44. The van der Waals surface area contributed by atoms with E-state index < -0.39 is 33.9 Å². The molecule has 0 aromatic carbocycles. The largest absolute Gasteiger partial charge is 0.331 e. The van der Waals surface area contributed by atoms with Gasteiger partial charge in [0.05, 0.1) is 42.3 Å². The maximum Gasteiger partial charge on any atom is 0.274 e. The molecular formula is C24H39N5O4S. The number of carbonyl (C=O) groups excluding carboxylic acids is 2. The predicted octanol–water partition coefficient (Wildman–Crippen LogP) is 2.54. The molecule has 0 aliphatic carbocycles. The van der Waals surface area contributed by atoms with Crippen LogP contribution < -0.4 is 0 Å². The molecule has 0 radical (unpaired) electrons. The van der Waals surface area contributed by atoms with Crippen LogP contribution in [0, 0.1) is 11.8 Å². The molecule has 0 N–H and O–H groups in total. The first kappa shape index (κ1) is 26.5. The van der Waals surface area contributed by atoms with Crippen LogP contribution in [-0.4, -0.2) is 82.3 Å². The Hall–Kier alpha value is -2.07. The molecule has 2 aliphatic heterocycles. The summed E-state index contributed by atoms with van der Waals surface area (Å²) < 4.78 is 25.7. The van der Waals surface area contributed by atoms with Gasteiger partial charge in [0.1, 0.15) is 5.69 Å². The molecule has 3 atom stereocenters. The van der Waals surface area contributed by atoms with E-state index in [-0.39, 0.29) is 17.5 Å². The fourth-order valence-electron chi connectivity index (χ4n) is 5.23. The van der Waals surface area contributed by atoms with E-state index in [1.807, 2.05) is 13.8 Å². The quantitative estimate of drug-likeness (QED) is 0.467. The third-order valence-corrected chi connectivity index (χ3v) is 8.06. The zero-order chi connectivity index (χ0) is 25.0. The van der Waals surface area contributed by atoms with Crippen molar-refractivity contribution in [2.24, 2.45) is 11.8 Å². The van der Waals surface area contributed by atoms with Crippen molar-refractivity contribution >= 4 is 21.8 Å². The summed E-state index contributed by atoms with van der Waals surface area (Å²) in [4.78, 5) is 39.3. The number of likely N-dealkylation sites (tertiary alicyclic amines) is 1. The Morgan fingerprint density at radius 1 is 1.15 bits per heavy atom. The first-order valence-corrected chi connectivity index (χ1v) is 14.3. The summed E-state index contributed by atoms with van der Waals surface area (Å²) in [7, 11) is -3.70. The molecule has 2 saturated heterocycles. The molecule has 0 spiro atoms. The Morgan fingerprint density at radius 3 is 2.29 bits per heavy atom. The number of aromatic nitrogens is 2. The lowest BCUT2D eigenvalue weighted by molar-refractivity contribution is -0.129. The number of rotatable bonds is 11. The Bertz CT molecular complexity index is 958. The maximum absolute atomic E-state index is 13.4. The van der Waals surface area contributed by atoms with Crippen molar-refractivity contribution in [3.63, 3.8) is 0 Å². The third-order valence-electron chi connectivity index (χ3n) is 6.89. The van der Waals surface area contributed by atoms with Gasteiger partial charge in [-0.3, -0.25) is 19.5 Å². The van der Waals surface area contributed by atoms with Crippen molar-refractivity contribution in [1.82, 2.24) is 24.1 Å². The van der Waals surface area contributed by atoms with Gasteiger partial charge in [-0.2, -0.15) is 0 Å². The SMILES string of the molecule is CCCCN(CCCC)Cc1cnc(C(=O)N2CC[C@H]3[C@H]2[C@@H](C(C)C)C(=O)N3S(C)(=O)=O)cn1. The normalized spacial score (nSPS) is 22.8. The molecule has 190 valence electrons. The fourth-order valence-corrected chi connectivity index (χ4v) is 6.40. The first-order chi connectivity index (χ1) is 16.1. The van der Waals surface area contributed by atoms with Gasteiger partial charge in [-0.15, -0.1) is 0 Å². The highest BCUT2D eigenvalue weighted by atomic mass is 32.2. The summed E-state index contributed by atoms with van der Waals surface area (Å²) in [5.74, 6) is -1.35. The topological polar surface area (TPSA) is 104 Å². The molecule has 2 amide bonds. The van der Waals surface area contributed by atoms with Gasteiger partial charge in [0.25, 0.3) is 5.91 Å². The Morgan fingerprint density at radius 2 is 1.79 bits per heavy atom. The highest BCUT2D eigenvalue weighted by molar-refractivity contribution is 7.88. The summed E-state index contributed by atoms with van der Waals surface area (Å²) in [6.45, 7) is 11.3. The van der Waals surface area contributed by atoms with E-state index in [1.165, 1.54) is 6.20 Å². The molecule has 0 unspecified atom stereocenters. The first-order valence-electron chi connectivity index (χ1n) is 12.5. The van der Waals surface area contributed by atoms with Crippen LogP contribution in [0.2, 0.25) is 0 Å². The highest BCUT2D eigenvalue weighted by Crippen LogP contribution is 2.41. The highest BCUT2D eigenvalue weighted by Gasteiger charge is 2.58. The third kappa shape index (κ3) is 5.59. The van der Waals surface area contributed by atoms with Crippen LogP contribution in [0.1, 0.15) is 76.0 Å². The van der Waals surface area contributed by atoms with Crippen LogP contribution in [0.3, 0.4) is 0 Å². The predicted molar refractivity (Wildman–Crippen MR) is 130 cm³/mol. The summed E-state index contributed by atoms with van der Waals surface area (Å²) in [6, 6.07) is -0.994. The molecule has 1 aromatic heterocycles. The monoisotopic (exact) mass is 493 g/mol. The van der Waals surface area contributed by atoms with E-state index >= 15 is 0 Å². The lowest BCUT2D eigenvalue weighted by atomic mass is 9.88. The number of hydrogen-bond donors (Lipinski definition) is 0. The Labute approximate surface area is 204 Å². The van der Waals surface area contributed by atoms with Crippen molar-refractivity contribution in [3.8, 4) is 0 Å². The van der Waals surface area contributed by atoms with E-state index in [1.54, 1.807) is 11.1 Å². The Kier molecular flexibility index (Phi) is 8.67. The molecular weight excluding hydrogens is 454 g/mol. The number of unbranched alkanes of at least 4 members (excludes halogenated alkanes) is 2. The van der Waals surface area contributed by atoms with Crippen LogP contribution >= 0.6 is 0 Å². The molecule has 10 heteroatoms. The minimum absolute atomic E-state index is 0.0918. The Balaban J connectivity index is 1.76. The number of sulfonamides is 1. The second kappa shape index (κ2) is 11.1. The minimum atomic E-state index is -3.70. The van der Waals surface area contributed by atoms with Crippen LogP contribution in [0.25, 0.3) is 0 Å². The van der Waals surface area contributed by atoms with E-state index in [9.17, 15) is 18.0 Å². The van der Waals surface area contributed by atoms with Gasteiger partial charge in [-0.25, -0.2) is 17.7 Å². The van der Waals surface area contributed by atoms with Crippen molar-refractivity contribution in [3.05, 3.63) is 23.8 Å². The van der Waals surface area contributed by atoms with Gasteiger partial charge in [-0.05, 0) is 38.3 Å². The zero-order valence-corrected chi connectivity index (χ0v) is 21.9. The average Bonchev–Trinajstić information content (AvgIpc) is 3.31. The van der Waals surface area contributed by atoms with E-state index in [2.05, 4.69) is 28.7 Å². The van der Waals surface area contributed by atoms with Gasteiger partial charge in [0, 0.05) is 13.1 Å². The lowest BCUT2D eigenvalue weighted by Gasteiger charge is -2.29. The van der Waals surface area contributed by atoms with Gasteiger partial charge in [0.15, 0.2) is 0 Å². The fraction of sp³-hybridized carbons (Fsp3) is 0.750. The zero-order valence-electron chi connectivity index (χ0n) is 21.1. The van der Waals surface area contributed by atoms with Gasteiger partial charge < -0.3 is 4.90 Å². The molecule has 1 aromatic rings. The number of amides is 2. The number of fused-ring (bicyclic) bond motifs is 1. The summed E-state index contributed by atoms with van der Waals surface area (Å²) in [6.07, 6.45) is 9.20. The van der Waals surface area contributed by atoms with Crippen molar-refractivity contribution in [2.75, 3.05) is 25.9 Å². The van der Waals surface area contributed by atoms with E-state index in [4.69, 9.17) is 0 Å². The number of nitrogens with zero attached hydrogens (tertiary/aromatic N) is 5. The smallest absolute Gasteiger partial charge is 0.274 e. The van der Waals surface area contributed by atoms with Crippen molar-refractivity contribution in [2.45, 2.75) is 78.4 Å². The van der Waals surface area contributed by atoms with Gasteiger partial charge >= 0.3 is 0 Å². The van der Waals surface area contributed by atoms with Crippen LogP contribution in [0.5, 0.6) is 0 Å². The standard InChI is InChI=1S/C24H39N5O4S/c1-6-8-11-27(12-9-7-2)16-18-14-26-19(15-25-18)23(30)28-13-10-20-22(28)21(17(3)4)24(31)29(20)34(5,32)33/h14-15,17,20-22H,6-13,16H2,1-5H3/t20-,21+,22-/m0/s1. The second-order valence-electron chi connectivity index (χ2n) is 9.89. The van der Waals surface area contributed by atoms with E-state index in [0.29, 0.717) is 19.5 Å². The molecule has 3 heterocycles. The molecule has 0 saturated carbocycles. The number of hydrogen-bond acceptors (Lipinski definition) is 7. The maximum atomic E-state index is 13.4. The molecule has 2 fully saturated rings. The van der Waals surface area contributed by atoms with Crippen molar-refractivity contribution < 1.29 is 18.0 Å². The number of carbonyl (C=O) groups is 2. The molecule has 3 rings (SSSR count). The van der Waals surface area contributed by atoms with Gasteiger partial charge in [0.2, 0.25) is 15.9 Å². The van der Waals surface area contributed by atoms with Crippen LogP contribution in [0.4, 0.5) is 0 Å². The van der Waals surface area contributed by atoms with Gasteiger partial charge in [-0.1, -0.05) is 40.5 Å². The molecule has 9 nitrogen and oxygen atoms in total. The summed E-state index contributed by atoms with van der Waals surface area (Å²) in [5, 5.41) is 0. The molecule has 0 bridgehead atoms. The molecule has 2 aliphatic rings. The second-order valence-corrected chi connectivity index (χ2v) is 11.7. The van der Waals surface area contributed by atoms with E-state index in [0.717, 1.165) is 55.0 Å². The summed E-state index contributed by atoms with van der Waals surface area (Å²) in [5.41, 5.74) is 1.05. The van der Waals surface area contributed by atoms with Crippen LogP contribution in [0.15, 0.2) is 12.4 Å².